The van der Waals surface area contributed by atoms with Crippen LogP contribution in [-0.4, -0.2) is 25.7 Å². The summed E-state index contributed by atoms with van der Waals surface area (Å²) in [4.78, 5) is 0. The number of aliphatic hydroxyl groups excluding tert-OH is 1. The summed E-state index contributed by atoms with van der Waals surface area (Å²) in [6, 6.07) is 7.20. The molecule has 0 atom stereocenters. The molecule has 0 heterocycles. The highest BCUT2D eigenvalue weighted by atomic mass is 32.2. The van der Waals surface area contributed by atoms with Crippen LogP contribution in [0.4, 0.5) is 0 Å². The average Bonchev–Trinajstić information content (AvgIpc) is 2.32. The van der Waals surface area contributed by atoms with E-state index in [0.717, 1.165) is 5.56 Å². The fourth-order valence-electron chi connectivity index (χ4n) is 1.54. The fraction of sp³-hybridized carbons (Fsp3) is 0.429. The lowest BCUT2D eigenvalue weighted by Crippen LogP contribution is -2.46. The van der Waals surface area contributed by atoms with E-state index < -0.39 is 15.7 Å². The Kier molecular flexibility index (Phi) is 5.72. The van der Waals surface area contributed by atoms with Crippen LogP contribution in [0.25, 0.3) is 0 Å². The third-order valence-corrected chi connectivity index (χ3v) is 3.62. The quantitative estimate of drug-likeness (QED) is 0.718. The third-order valence-electron chi connectivity index (χ3n) is 2.21. The van der Waals surface area contributed by atoms with E-state index in [1.807, 2.05) is 12.1 Å². The minimum atomic E-state index is -3.57. The number of benzene rings is 1. The number of aliphatic hydroxyl groups is 1. The number of hydrogen-bond donors (Lipinski definition) is 3. The zero-order valence-corrected chi connectivity index (χ0v) is 12.7. The van der Waals surface area contributed by atoms with E-state index >= 15 is 0 Å². The molecule has 6 heteroatoms. The molecule has 1 aromatic carbocycles. The molecule has 0 amide bonds. The van der Waals surface area contributed by atoms with Crippen LogP contribution in [0.3, 0.4) is 0 Å². The standard InChI is InChI=1S/C14H20N2O3S/c1-14(2,3)16-20(18,19)15-11-13-8-5-4-7-12(13)9-6-10-17/h4-5,7-8,15-17H,10-11H2,1-3H3. The summed E-state index contributed by atoms with van der Waals surface area (Å²) in [7, 11) is -3.57. The van der Waals surface area contributed by atoms with Crippen LogP contribution >= 0.6 is 0 Å². The van der Waals surface area contributed by atoms with E-state index in [-0.39, 0.29) is 13.2 Å². The van der Waals surface area contributed by atoms with Gasteiger partial charge in [0.2, 0.25) is 0 Å². The molecule has 0 aliphatic rings. The van der Waals surface area contributed by atoms with Crippen molar-refractivity contribution in [1.82, 2.24) is 9.44 Å². The molecule has 0 aliphatic heterocycles. The highest BCUT2D eigenvalue weighted by molar-refractivity contribution is 7.87. The predicted octanol–water partition coefficient (Wildman–Crippen LogP) is 0.753. The lowest BCUT2D eigenvalue weighted by Gasteiger charge is -2.20. The van der Waals surface area contributed by atoms with Gasteiger partial charge in [-0.05, 0) is 32.4 Å². The molecule has 0 fully saturated rings. The second-order valence-electron chi connectivity index (χ2n) is 5.29. The second kappa shape index (κ2) is 6.86. The molecule has 0 radical (unpaired) electrons. The number of nitrogens with one attached hydrogen (secondary N) is 2. The van der Waals surface area contributed by atoms with Crippen molar-refractivity contribution < 1.29 is 13.5 Å². The third kappa shape index (κ3) is 6.17. The zero-order chi connectivity index (χ0) is 15.2. The summed E-state index contributed by atoms with van der Waals surface area (Å²) in [6.45, 7) is 5.22. The Balaban J connectivity index is 2.80. The van der Waals surface area contributed by atoms with Crippen LogP contribution < -0.4 is 9.44 Å². The summed E-state index contributed by atoms with van der Waals surface area (Å²) >= 11 is 0. The Morgan fingerprint density at radius 1 is 1.25 bits per heavy atom. The first-order valence-electron chi connectivity index (χ1n) is 6.20. The molecular formula is C14H20N2O3S. The highest BCUT2D eigenvalue weighted by Gasteiger charge is 2.19. The molecular weight excluding hydrogens is 276 g/mol. The van der Waals surface area contributed by atoms with Gasteiger partial charge in [0.15, 0.2) is 0 Å². The largest absolute Gasteiger partial charge is 0.384 e. The van der Waals surface area contributed by atoms with Crippen molar-refractivity contribution in [3.63, 3.8) is 0 Å². The van der Waals surface area contributed by atoms with Crippen molar-refractivity contribution in [2.45, 2.75) is 32.9 Å². The van der Waals surface area contributed by atoms with E-state index in [1.54, 1.807) is 32.9 Å². The van der Waals surface area contributed by atoms with Gasteiger partial charge >= 0.3 is 0 Å². The van der Waals surface area contributed by atoms with Gasteiger partial charge in [0, 0.05) is 17.6 Å². The zero-order valence-electron chi connectivity index (χ0n) is 11.9. The minimum Gasteiger partial charge on any atom is -0.384 e. The molecule has 0 aromatic heterocycles. The van der Waals surface area contributed by atoms with Crippen LogP contribution in [0.2, 0.25) is 0 Å². The van der Waals surface area contributed by atoms with Gasteiger partial charge in [0.25, 0.3) is 10.2 Å². The molecule has 0 saturated heterocycles. The monoisotopic (exact) mass is 296 g/mol. The summed E-state index contributed by atoms with van der Waals surface area (Å²) in [5.41, 5.74) is 0.912. The maximum atomic E-state index is 11.8. The van der Waals surface area contributed by atoms with E-state index in [9.17, 15) is 8.42 Å². The first kappa shape index (κ1) is 16.7. The van der Waals surface area contributed by atoms with Gasteiger partial charge in [-0.3, -0.25) is 0 Å². The summed E-state index contributed by atoms with van der Waals surface area (Å²) in [6.07, 6.45) is 0. The average molecular weight is 296 g/mol. The van der Waals surface area contributed by atoms with Crippen LogP contribution in [-0.2, 0) is 16.8 Å². The van der Waals surface area contributed by atoms with Crippen LogP contribution in [0.15, 0.2) is 24.3 Å². The van der Waals surface area contributed by atoms with Crippen molar-refractivity contribution in [3.05, 3.63) is 35.4 Å². The molecule has 0 bridgehead atoms. The van der Waals surface area contributed by atoms with Gasteiger partial charge in [0.1, 0.15) is 6.61 Å². The summed E-state index contributed by atoms with van der Waals surface area (Å²) in [5.74, 6) is 5.35. The smallest absolute Gasteiger partial charge is 0.277 e. The van der Waals surface area contributed by atoms with E-state index in [2.05, 4.69) is 21.3 Å². The first-order valence-corrected chi connectivity index (χ1v) is 7.68. The molecule has 0 saturated carbocycles. The fourth-order valence-corrected chi connectivity index (χ4v) is 2.77. The normalized spacial score (nSPS) is 11.8. The molecule has 110 valence electrons. The van der Waals surface area contributed by atoms with Gasteiger partial charge in [-0.15, -0.1) is 0 Å². The van der Waals surface area contributed by atoms with Gasteiger partial charge in [-0.25, -0.2) is 0 Å². The van der Waals surface area contributed by atoms with Crippen LogP contribution in [0.1, 0.15) is 31.9 Å². The minimum absolute atomic E-state index is 0.141. The van der Waals surface area contributed by atoms with Crippen molar-refractivity contribution in [2.24, 2.45) is 0 Å². The topological polar surface area (TPSA) is 78.4 Å². The van der Waals surface area contributed by atoms with Gasteiger partial charge in [0.05, 0.1) is 0 Å². The molecule has 0 spiro atoms. The van der Waals surface area contributed by atoms with Crippen molar-refractivity contribution in [1.29, 1.82) is 0 Å². The summed E-state index contributed by atoms with van der Waals surface area (Å²) < 4.78 is 28.7. The molecule has 1 rings (SSSR count). The van der Waals surface area contributed by atoms with E-state index in [1.165, 1.54) is 0 Å². The Bertz CT molecular complexity index is 607. The predicted molar refractivity (Wildman–Crippen MR) is 79.1 cm³/mol. The second-order valence-corrected chi connectivity index (χ2v) is 6.79. The van der Waals surface area contributed by atoms with Gasteiger partial charge < -0.3 is 5.11 Å². The molecule has 0 unspecified atom stereocenters. The maximum absolute atomic E-state index is 11.8. The van der Waals surface area contributed by atoms with Crippen molar-refractivity contribution in [3.8, 4) is 11.8 Å². The molecule has 5 nitrogen and oxygen atoms in total. The van der Waals surface area contributed by atoms with Gasteiger partial charge in [-0.1, -0.05) is 30.0 Å². The number of hydrogen-bond acceptors (Lipinski definition) is 3. The molecule has 1 aromatic rings. The Labute approximate surface area is 120 Å². The lowest BCUT2D eigenvalue weighted by atomic mass is 10.1. The van der Waals surface area contributed by atoms with Crippen molar-refractivity contribution in [2.75, 3.05) is 6.61 Å². The Hall–Kier alpha value is -1.39. The molecule has 3 N–H and O–H groups in total. The highest BCUT2D eigenvalue weighted by Crippen LogP contribution is 2.08. The maximum Gasteiger partial charge on any atom is 0.277 e. The van der Waals surface area contributed by atoms with E-state index in [0.29, 0.717) is 5.56 Å². The lowest BCUT2D eigenvalue weighted by molar-refractivity contribution is 0.350. The van der Waals surface area contributed by atoms with E-state index in [4.69, 9.17) is 5.11 Å². The van der Waals surface area contributed by atoms with Gasteiger partial charge in [-0.2, -0.15) is 17.9 Å². The molecule has 0 aliphatic carbocycles. The van der Waals surface area contributed by atoms with Crippen LogP contribution in [0, 0.1) is 11.8 Å². The molecule has 20 heavy (non-hydrogen) atoms. The Morgan fingerprint density at radius 3 is 2.50 bits per heavy atom. The number of rotatable bonds is 4. The SMILES string of the molecule is CC(C)(C)NS(=O)(=O)NCc1ccccc1C#CCO. The summed E-state index contributed by atoms with van der Waals surface area (Å²) in [5, 5.41) is 8.71. The first-order chi connectivity index (χ1) is 9.23. The van der Waals surface area contributed by atoms with Crippen molar-refractivity contribution >= 4 is 10.2 Å². The van der Waals surface area contributed by atoms with Crippen LogP contribution in [0.5, 0.6) is 0 Å². The Morgan fingerprint density at radius 2 is 1.90 bits per heavy atom.